The number of nitrogens with zero attached hydrogens (tertiary/aromatic N) is 1. The van der Waals surface area contributed by atoms with Gasteiger partial charge >= 0.3 is 5.97 Å². The molecule has 2 rings (SSSR count). The molecule has 1 aromatic rings. The van der Waals surface area contributed by atoms with E-state index >= 15 is 0 Å². The highest BCUT2D eigenvalue weighted by Crippen LogP contribution is 2.33. The number of amides is 3. The van der Waals surface area contributed by atoms with Crippen molar-refractivity contribution in [2.45, 2.75) is 130 Å². The minimum atomic E-state index is -1.25. The van der Waals surface area contributed by atoms with E-state index < -0.39 is 48.3 Å². The zero-order chi connectivity index (χ0) is 42.3. The molecule has 4 N–H and O–H groups in total. The number of carboxylic acids is 1. The molecule has 0 aliphatic carbocycles. The fraction of sp³-hybridized carbons (Fsp3) is 0.698. The number of methoxy groups -OCH3 is 3. The molecule has 316 valence electrons. The van der Waals surface area contributed by atoms with Gasteiger partial charge in [0.25, 0.3) is 0 Å². The molecule has 1 aliphatic rings. The van der Waals surface area contributed by atoms with Crippen molar-refractivity contribution in [2.75, 3.05) is 34.9 Å². The van der Waals surface area contributed by atoms with Crippen LogP contribution in [0.15, 0.2) is 36.4 Å². The summed E-state index contributed by atoms with van der Waals surface area (Å²) in [5.41, 5.74) is 0.659. The van der Waals surface area contributed by atoms with Gasteiger partial charge in [-0.2, -0.15) is 0 Å². The molecule has 1 heterocycles. The minimum absolute atomic E-state index is 0.00297. The highest BCUT2D eigenvalue weighted by molar-refractivity contribution is 5.96. The van der Waals surface area contributed by atoms with Crippen molar-refractivity contribution in [2.24, 2.45) is 29.6 Å². The number of carbonyl (C=O) groups excluding carboxylic acids is 4. The monoisotopic (exact) mass is 787 g/mol. The molecule has 3 amide bonds. The van der Waals surface area contributed by atoms with Crippen molar-refractivity contribution >= 4 is 29.5 Å². The van der Waals surface area contributed by atoms with Gasteiger partial charge in [0.2, 0.25) is 17.7 Å². The van der Waals surface area contributed by atoms with E-state index in [2.05, 4.69) is 36.4 Å². The van der Waals surface area contributed by atoms with Crippen LogP contribution in [0.4, 0.5) is 0 Å². The highest BCUT2D eigenvalue weighted by atomic mass is 16.5. The largest absolute Gasteiger partial charge is 0.496 e. The van der Waals surface area contributed by atoms with Crippen LogP contribution in [-0.2, 0) is 39.9 Å². The number of ketones is 1. The first-order valence-electron chi connectivity index (χ1n) is 20.2. The Kier molecular flexibility index (Phi) is 20.2. The van der Waals surface area contributed by atoms with Crippen LogP contribution in [0, 0.1) is 29.6 Å². The van der Waals surface area contributed by atoms with E-state index in [9.17, 15) is 29.1 Å². The second kappa shape index (κ2) is 23.4. The maximum atomic E-state index is 14.1. The quantitative estimate of drug-likeness (QED) is 0.101. The predicted molar refractivity (Wildman–Crippen MR) is 217 cm³/mol. The predicted octanol–water partition coefficient (Wildman–Crippen LogP) is 4.81. The topological polar surface area (TPSA) is 173 Å². The van der Waals surface area contributed by atoms with E-state index in [4.69, 9.17) is 14.2 Å². The summed E-state index contributed by atoms with van der Waals surface area (Å²) in [4.78, 5) is 68.3. The van der Waals surface area contributed by atoms with E-state index in [1.807, 2.05) is 34.6 Å². The number of aliphatic carboxylic acids is 1. The van der Waals surface area contributed by atoms with Gasteiger partial charge < -0.3 is 40.2 Å². The summed E-state index contributed by atoms with van der Waals surface area (Å²) >= 11 is 0. The number of carbonyl (C=O) groups is 5. The number of hydrogen-bond acceptors (Lipinski definition) is 9. The normalized spacial score (nSPS) is 18.7. The Balaban J connectivity index is 2.18. The molecule has 56 heavy (non-hydrogen) atoms. The molecule has 0 radical (unpaired) electrons. The Morgan fingerprint density at radius 3 is 2.11 bits per heavy atom. The number of likely N-dealkylation sites (tertiary alicyclic amines) is 1. The van der Waals surface area contributed by atoms with Gasteiger partial charge in [0, 0.05) is 38.7 Å². The first kappa shape index (κ1) is 48.3. The lowest BCUT2D eigenvalue weighted by molar-refractivity contribution is -0.141. The molecule has 0 bridgehead atoms. The van der Waals surface area contributed by atoms with Crippen molar-refractivity contribution in [1.29, 1.82) is 0 Å². The number of rotatable bonds is 25. The Hall–Kier alpha value is -3.81. The Bertz CT molecular complexity index is 1470. The summed E-state index contributed by atoms with van der Waals surface area (Å²) in [6.07, 6.45) is 2.16. The van der Waals surface area contributed by atoms with Crippen LogP contribution < -0.4 is 20.7 Å². The van der Waals surface area contributed by atoms with Gasteiger partial charge in [-0.1, -0.05) is 79.7 Å². The van der Waals surface area contributed by atoms with Crippen LogP contribution in [0.3, 0.4) is 0 Å². The van der Waals surface area contributed by atoms with Crippen molar-refractivity contribution in [1.82, 2.24) is 20.9 Å². The molecule has 1 fully saturated rings. The fourth-order valence-electron chi connectivity index (χ4n) is 7.93. The molecule has 9 atom stereocenters. The summed E-state index contributed by atoms with van der Waals surface area (Å²) < 4.78 is 17.2. The third kappa shape index (κ3) is 13.1. The van der Waals surface area contributed by atoms with Gasteiger partial charge in [0.1, 0.15) is 17.9 Å². The van der Waals surface area contributed by atoms with E-state index in [0.717, 1.165) is 6.42 Å². The summed E-state index contributed by atoms with van der Waals surface area (Å²) in [6, 6.07) is 4.26. The van der Waals surface area contributed by atoms with Gasteiger partial charge in [-0.05, 0) is 68.0 Å². The average Bonchev–Trinajstić information content (AvgIpc) is 3.65. The zero-order valence-electron chi connectivity index (χ0n) is 35.7. The van der Waals surface area contributed by atoms with E-state index in [0.29, 0.717) is 43.5 Å². The lowest BCUT2D eigenvalue weighted by Crippen LogP contribution is -2.54. The molecule has 13 nitrogen and oxygen atoms in total. The molecule has 0 spiro atoms. The molecule has 0 saturated carbocycles. The van der Waals surface area contributed by atoms with Crippen molar-refractivity contribution in [3.8, 4) is 5.75 Å². The third-order valence-corrected chi connectivity index (χ3v) is 11.6. The number of likely N-dealkylation sites (N-methyl/N-ethyl adjacent to an activating group) is 1. The van der Waals surface area contributed by atoms with Crippen LogP contribution in [0.1, 0.15) is 92.6 Å². The first-order chi connectivity index (χ1) is 26.5. The number of ether oxygens (including phenoxy) is 3. The smallest absolute Gasteiger partial charge is 0.326 e. The molecule has 3 unspecified atom stereocenters. The van der Waals surface area contributed by atoms with Crippen molar-refractivity contribution in [3.63, 3.8) is 0 Å². The number of para-hydroxylation sites is 1. The number of carboxylic acid groups (broad SMARTS) is 1. The fourth-order valence-corrected chi connectivity index (χ4v) is 7.93. The van der Waals surface area contributed by atoms with Crippen LogP contribution in [-0.4, -0.2) is 111 Å². The molecule has 1 aliphatic heterocycles. The van der Waals surface area contributed by atoms with Crippen LogP contribution in [0.25, 0.3) is 0 Å². The van der Waals surface area contributed by atoms with Gasteiger partial charge in [0.15, 0.2) is 5.78 Å². The van der Waals surface area contributed by atoms with Crippen LogP contribution in [0.2, 0.25) is 0 Å². The first-order valence-corrected chi connectivity index (χ1v) is 20.2. The summed E-state index contributed by atoms with van der Waals surface area (Å²) in [5.74, 6) is -1.89. The summed E-state index contributed by atoms with van der Waals surface area (Å²) in [7, 11) is 6.29. The molecular weight excluding hydrogens is 716 g/mol. The number of Topliss-reactive ketones (excluding diaryl/α,β-unsaturated/α-hetero) is 1. The number of nitrogens with one attached hydrogen (secondary N) is 3. The molecule has 0 aromatic heterocycles. The Morgan fingerprint density at radius 2 is 1.57 bits per heavy atom. The second-order valence-corrected chi connectivity index (χ2v) is 16.0. The summed E-state index contributed by atoms with van der Waals surface area (Å²) in [6.45, 7) is 18.4. The highest BCUT2D eigenvalue weighted by Gasteiger charge is 2.40. The second-order valence-electron chi connectivity index (χ2n) is 16.0. The van der Waals surface area contributed by atoms with E-state index in [1.54, 1.807) is 43.3 Å². The van der Waals surface area contributed by atoms with Gasteiger partial charge in [0.05, 0.1) is 37.8 Å². The third-order valence-electron chi connectivity index (χ3n) is 11.6. The lowest BCUT2D eigenvalue weighted by Gasteiger charge is -2.35. The average molecular weight is 787 g/mol. The maximum Gasteiger partial charge on any atom is 0.326 e. The van der Waals surface area contributed by atoms with Crippen LogP contribution in [0.5, 0.6) is 5.75 Å². The van der Waals surface area contributed by atoms with Gasteiger partial charge in [-0.3, -0.25) is 19.2 Å². The maximum absolute atomic E-state index is 14.1. The zero-order valence-corrected chi connectivity index (χ0v) is 35.7. The Morgan fingerprint density at radius 1 is 0.929 bits per heavy atom. The van der Waals surface area contributed by atoms with Gasteiger partial charge in [-0.25, -0.2) is 4.79 Å². The standard InChI is InChI=1S/C43H70N4O9/c1-13-27(6)31(21-20-28(7)39(49)37(25(2)3)46-42(51)38(44-9)26(4)5)35(55-11)24-36(48)47-22-16-18-33(47)40(56-12)29(8)41(50)45-32(43(52)53)23-30-17-14-15-19-34(30)54-10/h14-15,17,19,25-28,31-33,35,37-38,40,44H,8,13,16,18,20-24H2,1-7,9-12H3,(H,45,50)(H,46,51)(H,52,53)/t27-,28?,31?,32-,33-,35?,37-,38-,40+/m0/s1. The molecule has 1 saturated heterocycles. The van der Waals surface area contributed by atoms with Gasteiger partial charge in [-0.15, -0.1) is 0 Å². The minimum Gasteiger partial charge on any atom is -0.496 e. The summed E-state index contributed by atoms with van der Waals surface area (Å²) in [5, 5.41) is 18.6. The van der Waals surface area contributed by atoms with Crippen molar-refractivity contribution < 1.29 is 43.3 Å². The molecule has 13 heteroatoms. The molecular formula is C43H70N4O9. The lowest BCUT2D eigenvalue weighted by atomic mass is 9.79. The van der Waals surface area contributed by atoms with Crippen molar-refractivity contribution in [3.05, 3.63) is 42.0 Å². The SMILES string of the molecule is C=C(C(=O)N[C@@H](Cc1ccccc1OC)C(=O)O)[C@@H](OC)[C@@H]1CCCN1C(=O)CC(OC)C(CCC(C)C(=O)[C@@H](NC(=O)[C@@H](NC)C(C)C)C(C)C)[C@@H](C)CC. The van der Waals surface area contributed by atoms with Crippen LogP contribution >= 0.6 is 0 Å². The number of hydrogen-bond donors (Lipinski definition) is 4. The number of benzene rings is 1. The molecule has 1 aromatic carbocycles. The Labute approximate surface area is 335 Å². The van der Waals surface area contributed by atoms with E-state index in [-0.39, 0.29) is 65.6 Å². The van der Waals surface area contributed by atoms with E-state index in [1.165, 1.54) is 14.2 Å².